The van der Waals surface area contributed by atoms with E-state index in [-0.39, 0.29) is 18.1 Å². The van der Waals surface area contributed by atoms with Gasteiger partial charge in [-0.25, -0.2) is 0 Å². The molecule has 0 unspecified atom stereocenters. The topological polar surface area (TPSA) is 38.8 Å². The van der Waals surface area contributed by atoms with Crippen molar-refractivity contribution in [2.24, 2.45) is 0 Å². The highest BCUT2D eigenvalue weighted by Crippen LogP contribution is 2.13. The Morgan fingerprint density at radius 2 is 2.19 bits per heavy atom. The molecule has 4 nitrogen and oxygen atoms in total. The lowest BCUT2D eigenvalue weighted by atomic mass is 10.1. The molecular formula is C12H23NO3. The summed E-state index contributed by atoms with van der Waals surface area (Å²) in [5, 5.41) is 0. The lowest BCUT2D eigenvalue weighted by Gasteiger charge is -2.36. The van der Waals surface area contributed by atoms with E-state index in [0.717, 1.165) is 26.0 Å². The van der Waals surface area contributed by atoms with Crippen LogP contribution in [0, 0.1) is 0 Å². The van der Waals surface area contributed by atoms with E-state index in [4.69, 9.17) is 9.47 Å². The fraction of sp³-hybridized carbons (Fsp3) is 0.917. The highest BCUT2D eigenvalue weighted by molar-refractivity contribution is 5.76. The molecule has 0 radical (unpaired) electrons. The van der Waals surface area contributed by atoms with Crippen molar-refractivity contribution in [3.8, 4) is 0 Å². The third kappa shape index (κ3) is 4.10. The molecule has 1 aliphatic rings. The first kappa shape index (κ1) is 13.5. The molecule has 1 heterocycles. The van der Waals surface area contributed by atoms with Crippen LogP contribution in [0.4, 0.5) is 0 Å². The van der Waals surface area contributed by atoms with Crippen LogP contribution in [-0.2, 0) is 14.3 Å². The van der Waals surface area contributed by atoms with Gasteiger partial charge in [-0.2, -0.15) is 0 Å². The van der Waals surface area contributed by atoms with E-state index in [1.807, 2.05) is 18.7 Å². The Morgan fingerprint density at radius 3 is 2.88 bits per heavy atom. The third-order valence-corrected chi connectivity index (χ3v) is 2.92. The summed E-state index contributed by atoms with van der Waals surface area (Å²) >= 11 is 0. The fourth-order valence-corrected chi connectivity index (χ4v) is 1.92. The number of carbonyl (C=O) groups is 1. The van der Waals surface area contributed by atoms with Gasteiger partial charge < -0.3 is 14.4 Å². The van der Waals surface area contributed by atoms with Gasteiger partial charge >= 0.3 is 0 Å². The number of amides is 1. The van der Waals surface area contributed by atoms with E-state index in [0.29, 0.717) is 13.0 Å². The largest absolute Gasteiger partial charge is 0.385 e. The normalized spacial score (nSPS) is 25.8. The molecular weight excluding hydrogens is 206 g/mol. The van der Waals surface area contributed by atoms with E-state index in [1.165, 1.54) is 0 Å². The highest BCUT2D eigenvalue weighted by atomic mass is 16.5. The van der Waals surface area contributed by atoms with Gasteiger partial charge in [-0.05, 0) is 26.7 Å². The minimum atomic E-state index is 0.166. The number of hydrogen-bond donors (Lipinski definition) is 0. The quantitative estimate of drug-likeness (QED) is 0.670. The Morgan fingerprint density at radius 1 is 1.44 bits per heavy atom. The monoisotopic (exact) mass is 229 g/mol. The number of carbonyl (C=O) groups excluding carboxylic acids is 1. The highest BCUT2D eigenvalue weighted by Gasteiger charge is 2.26. The first-order valence-corrected chi connectivity index (χ1v) is 6.05. The first-order chi connectivity index (χ1) is 7.65. The third-order valence-electron chi connectivity index (χ3n) is 2.92. The Balaban J connectivity index is 2.28. The number of ether oxygens (including phenoxy) is 2. The van der Waals surface area contributed by atoms with Crippen LogP contribution < -0.4 is 0 Å². The molecule has 0 N–H and O–H groups in total. The average molecular weight is 229 g/mol. The molecule has 0 aromatic carbocycles. The zero-order chi connectivity index (χ0) is 12.0. The molecule has 1 fully saturated rings. The van der Waals surface area contributed by atoms with Crippen LogP contribution in [-0.4, -0.2) is 49.8 Å². The average Bonchev–Trinajstić information content (AvgIpc) is 2.27. The lowest BCUT2D eigenvalue weighted by Crippen LogP contribution is -2.50. The number of unbranched alkanes of at least 4 members (excludes halogenated alkanes) is 1. The summed E-state index contributed by atoms with van der Waals surface area (Å²) in [6, 6.07) is 0.214. The molecule has 0 aromatic heterocycles. The van der Waals surface area contributed by atoms with Gasteiger partial charge in [-0.15, -0.1) is 0 Å². The molecule has 4 heteroatoms. The van der Waals surface area contributed by atoms with Crippen molar-refractivity contribution in [2.45, 2.75) is 45.3 Å². The summed E-state index contributed by atoms with van der Waals surface area (Å²) in [7, 11) is 1.69. The molecule has 16 heavy (non-hydrogen) atoms. The number of morpholine rings is 1. The standard InChI is InChI=1S/C12H23NO3/c1-10-9-16-11(2)8-13(10)12(14)6-4-5-7-15-3/h10-11H,4-9H2,1-3H3/t10-,11+/m1/s1. The Labute approximate surface area is 97.9 Å². The van der Waals surface area contributed by atoms with E-state index >= 15 is 0 Å². The molecule has 1 rings (SSSR count). The summed E-state index contributed by atoms with van der Waals surface area (Å²) in [5.41, 5.74) is 0. The molecule has 1 aliphatic heterocycles. The molecule has 0 aliphatic carbocycles. The second kappa shape index (κ2) is 6.86. The van der Waals surface area contributed by atoms with Crippen LogP contribution in [0.5, 0.6) is 0 Å². The molecule has 1 saturated heterocycles. The number of hydrogen-bond acceptors (Lipinski definition) is 3. The van der Waals surface area contributed by atoms with Gasteiger partial charge in [0.1, 0.15) is 0 Å². The maximum Gasteiger partial charge on any atom is 0.222 e. The van der Waals surface area contributed by atoms with Crippen molar-refractivity contribution in [1.82, 2.24) is 4.90 Å². The second-order valence-corrected chi connectivity index (χ2v) is 4.49. The van der Waals surface area contributed by atoms with Crippen LogP contribution in [0.25, 0.3) is 0 Å². The maximum atomic E-state index is 11.9. The molecule has 94 valence electrons. The van der Waals surface area contributed by atoms with Crippen molar-refractivity contribution in [3.05, 3.63) is 0 Å². The fourth-order valence-electron chi connectivity index (χ4n) is 1.92. The summed E-state index contributed by atoms with van der Waals surface area (Å²) < 4.78 is 10.5. The zero-order valence-electron chi connectivity index (χ0n) is 10.6. The number of nitrogens with zero attached hydrogens (tertiary/aromatic N) is 1. The number of rotatable bonds is 5. The van der Waals surface area contributed by atoms with E-state index in [9.17, 15) is 4.79 Å². The molecule has 0 spiro atoms. The van der Waals surface area contributed by atoms with Gasteiger partial charge in [0.05, 0.1) is 18.8 Å². The van der Waals surface area contributed by atoms with Crippen molar-refractivity contribution < 1.29 is 14.3 Å². The maximum absolute atomic E-state index is 11.9. The first-order valence-electron chi connectivity index (χ1n) is 6.05. The minimum Gasteiger partial charge on any atom is -0.385 e. The van der Waals surface area contributed by atoms with Gasteiger partial charge in [0.2, 0.25) is 5.91 Å². The van der Waals surface area contributed by atoms with Gasteiger partial charge in [-0.3, -0.25) is 4.79 Å². The zero-order valence-corrected chi connectivity index (χ0v) is 10.6. The van der Waals surface area contributed by atoms with Crippen LogP contribution in [0.3, 0.4) is 0 Å². The second-order valence-electron chi connectivity index (χ2n) is 4.49. The minimum absolute atomic E-state index is 0.166. The van der Waals surface area contributed by atoms with E-state index in [1.54, 1.807) is 7.11 Å². The summed E-state index contributed by atoms with van der Waals surface area (Å²) in [5.74, 6) is 0.249. The molecule has 0 bridgehead atoms. The Bertz CT molecular complexity index is 220. The molecule has 0 saturated carbocycles. The van der Waals surface area contributed by atoms with Crippen molar-refractivity contribution in [2.75, 3.05) is 26.9 Å². The van der Waals surface area contributed by atoms with Crippen LogP contribution in [0.2, 0.25) is 0 Å². The van der Waals surface area contributed by atoms with Gasteiger partial charge in [0, 0.05) is 26.7 Å². The van der Waals surface area contributed by atoms with Gasteiger partial charge in [0.25, 0.3) is 0 Å². The van der Waals surface area contributed by atoms with E-state index in [2.05, 4.69) is 0 Å². The lowest BCUT2D eigenvalue weighted by molar-refractivity contribution is -0.143. The summed E-state index contributed by atoms with van der Waals surface area (Å²) in [6.45, 7) is 6.17. The summed E-state index contributed by atoms with van der Waals surface area (Å²) in [6.07, 6.45) is 2.65. The van der Waals surface area contributed by atoms with Crippen molar-refractivity contribution >= 4 is 5.91 Å². The van der Waals surface area contributed by atoms with E-state index < -0.39 is 0 Å². The van der Waals surface area contributed by atoms with Gasteiger partial charge in [-0.1, -0.05) is 0 Å². The molecule has 0 aromatic rings. The van der Waals surface area contributed by atoms with Crippen LogP contribution >= 0.6 is 0 Å². The van der Waals surface area contributed by atoms with Gasteiger partial charge in [0.15, 0.2) is 0 Å². The van der Waals surface area contributed by atoms with Crippen LogP contribution in [0.1, 0.15) is 33.1 Å². The van der Waals surface area contributed by atoms with Crippen molar-refractivity contribution in [1.29, 1.82) is 0 Å². The Kier molecular flexibility index (Phi) is 5.77. The summed E-state index contributed by atoms with van der Waals surface area (Å²) in [4.78, 5) is 13.9. The molecule has 2 atom stereocenters. The predicted molar refractivity (Wildman–Crippen MR) is 62.3 cm³/mol. The Hall–Kier alpha value is -0.610. The predicted octanol–water partition coefficient (Wildman–Crippen LogP) is 1.44. The number of methoxy groups -OCH3 is 1. The smallest absolute Gasteiger partial charge is 0.222 e. The molecule has 1 amide bonds. The SMILES string of the molecule is COCCCCC(=O)N1C[C@H](C)OC[C@H]1C. The van der Waals surface area contributed by atoms with Crippen LogP contribution in [0.15, 0.2) is 0 Å². The van der Waals surface area contributed by atoms with Crippen molar-refractivity contribution in [3.63, 3.8) is 0 Å².